The summed E-state index contributed by atoms with van der Waals surface area (Å²) in [5.74, 6) is 0.894. The van der Waals surface area contributed by atoms with E-state index in [0.717, 1.165) is 36.8 Å². The van der Waals surface area contributed by atoms with Gasteiger partial charge in [0.15, 0.2) is 8.68 Å². The Hall–Kier alpha value is -1.83. The molecule has 4 nitrogen and oxygen atoms in total. The van der Waals surface area contributed by atoms with E-state index in [1.807, 2.05) is 56.3 Å². The van der Waals surface area contributed by atoms with E-state index in [1.165, 1.54) is 23.1 Å². The summed E-state index contributed by atoms with van der Waals surface area (Å²) in [6, 6.07) is 15.9. The van der Waals surface area contributed by atoms with E-state index in [4.69, 9.17) is 0 Å². The SMILES string of the molecule is CCSc1nnc(SC(C(=O)Nc2cc(C)cc(C)c2)c2ccccc2)s1. The molecule has 1 N–H and O–H groups in total. The zero-order chi connectivity index (χ0) is 19.2. The first kappa shape index (κ1) is 19.9. The van der Waals surface area contributed by atoms with Gasteiger partial charge in [-0.25, -0.2) is 0 Å². The van der Waals surface area contributed by atoms with E-state index in [0.29, 0.717) is 0 Å². The second-order valence-corrected chi connectivity index (χ2v) is 9.88. The van der Waals surface area contributed by atoms with E-state index in [-0.39, 0.29) is 11.2 Å². The topological polar surface area (TPSA) is 54.9 Å². The van der Waals surface area contributed by atoms with Gasteiger partial charge in [-0.05, 0) is 48.4 Å². The highest BCUT2D eigenvalue weighted by molar-refractivity contribution is 8.03. The number of hydrogen-bond acceptors (Lipinski definition) is 6. The highest BCUT2D eigenvalue weighted by Gasteiger charge is 2.24. The molecule has 7 heteroatoms. The maximum absolute atomic E-state index is 13.1. The average Bonchev–Trinajstić information content (AvgIpc) is 3.07. The Morgan fingerprint density at radius 3 is 2.41 bits per heavy atom. The van der Waals surface area contributed by atoms with E-state index in [9.17, 15) is 4.79 Å². The smallest absolute Gasteiger partial charge is 0.242 e. The van der Waals surface area contributed by atoms with E-state index < -0.39 is 0 Å². The van der Waals surface area contributed by atoms with Gasteiger partial charge in [0.1, 0.15) is 5.25 Å². The number of amides is 1. The van der Waals surface area contributed by atoms with Crippen LogP contribution in [0, 0.1) is 13.8 Å². The van der Waals surface area contributed by atoms with Crippen molar-refractivity contribution in [3.05, 3.63) is 65.2 Å². The van der Waals surface area contributed by atoms with Crippen molar-refractivity contribution in [1.82, 2.24) is 10.2 Å². The first-order chi connectivity index (χ1) is 13.0. The van der Waals surface area contributed by atoms with E-state index in [2.05, 4.69) is 28.5 Å². The summed E-state index contributed by atoms with van der Waals surface area (Å²) in [7, 11) is 0. The Balaban J connectivity index is 1.83. The second-order valence-electron chi connectivity index (χ2n) is 6.04. The molecule has 0 aliphatic carbocycles. The molecule has 1 atom stereocenters. The predicted octanol–water partition coefficient (Wildman–Crippen LogP) is 5.74. The number of nitrogens with one attached hydrogen (secondary N) is 1. The Bertz CT molecular complexity index is 892. The van der Waals surface area contributed by atoms with Crippen LogP contribution >= 0.6 is 34.9 Å². The number of hydrogen-bond donors (Lipinski definition) is 1. The number of anilines is 1. The number of nitrogens with zero attached hydrogens (tertiary/aromatic N) is 2. The molecule has 1 heterocycles. The van der Waals surface area contributed by atoms with Gasteiger partial charge in [0.2, 0.25) is 5.91 Å². The first-order valence-electron chi connectivity index (χ1n) is 8.62. The molecule has 1 aromatic heterocycles. The molecule has 1 unspecified atom stereocenters. The molecular weight excluding hydrogens is 394 g/mol. The van der Waals surface area contributed by atoms with Crippen LogP contribution in [0.25, 0.3) is 0 Å². The fourth-order valence-electron chi connectivity index (χ4n) is 2.68. The van der Waals surface area contributed by atoms with Gasteiger partial charge in [0.05, 0.1) is 0 Å². The molecule has 3 rings (SSSR count). The van der Waals surface area contributed by atoms with Crippen LogP contribution < -0.4 is 5.32 Å². The lowest BCUT2D eigenvalue weighted by Gasteiger charge is -2.16. The number of thioether (sulfide) groups is 2. The molecule has 0 spiro atoms. The number of aryl methyl sites for hydroxylation is 2. The molecule has 0 saturated carbocycles. The summed E-state index contributed by atoms with van der Waals surface area (Å²) in [5, 5.41) is 11.1. The van der Waals surface area contributed by atoms with Crippen LogP contribution in [0.2, 0.25) is 0 Å². The third-order valence-corrected chi connectivity index (χ3v) is 6.98. The van der Waals surface area contributed by atoms with Gasteiger partial charge in [-0.3, -0.25) is 4.79 Å². The predicted molar refractivity (Wildman–Crippen MR) is 116 cm³/mol. The Morgan fingerprint density at radius 1 is 1.07 bits per heavy atom. The van der Waals surface area contributed by atoms with Crippen molar-refractivity contribution in [3.8, 4) is 0 Å². The van der Waals surface area contributed by atoms with Crippen molar-refractivity contribution in [2.45, 2.75) is 34.7 Å². The summed E-state index contributed by atoms with van der Waals surface area (Å²) < 4.78 is 1.73. The molecule has 0 bridgehead atoms. The van der Waals surface area contributed by atoms with Gasteiger partial charge in [0, 0.05) is 5.69 Å². The van der Waals surface area contributed by atoms with Crippen LogP contribution in [0.1, 0.15) is 28.9 Å². The molecule has 0 aliphatic heterocycles. The maximum atomic E-state index is 13.1. The van der Waals surface area contributed by atoms with Gasteiger partial charge >= 0.3 is 0 Å². The molecular formula is C20H21N3OS3. The monoisotopic (exact) mass is 415 g/mol. The lowest BCUT2D eigenvalue weighted by molar-refractivity contribution is -0.115. The molecule has 140 valence electrons. The highest BCUT2D eigenvalue weighted by Crippen LogP contribution is 2.39. The largest absolute Gasteiger partial charge is 0.325 e. The second kappa shape index (κ2) is 9.39. The minimum absolute atomic E-state index is 0.0592. The molecule has 3 aromatic rings. The first-order valence-corrected chi connectivity index (χ1v) is 11.3. The number of rotatable bonds is 7. The number of benzene rings is 2. The van der Waals surface area contributed by atoms with Gasteiger partial charge in [-0.2, -0.15) is 0 Å². The van der Waals surface area contributed by atoms with E-state index >= 15 is 0 Å². The molecule has 0 fully saturated rings. The van der Waals surface area contributed by atoms with Gasteiger partial charge in [0.25, 0.3) is 0 Å². The van der Waals surface area contributed by atoms with Gasteiger partial charge in [-0.1, -0.05) is 78.2 Å². The third-order valence-electron chi connectivity index (χ3n) is 3.70. The van der Waals surface area contributed by atoms with Crippen molar-refractivity contribution in [3.63, 3.8) is 0 Å². The third kappa shape index (κ3) is 5.57. The molecule has 0 saturated heterocycles. The lowest BCUT2D eigenvalue weighted by Crippen LogP contribution is -2.19. The molecule has 0 radical (unpaired) electrons. The Labute approximate surface area is 172 Å². The van der Waals surface area contributed by atoms with Crippen LogP contribution in [0.3, 0.4) is 0 Å². The van der Waals surface area contributed by atoms with Crippen molar-refractivity contribution < 1.29 is 4.79 Å². The zero-order valence-corrected chi connectivity index (χ0v) is 17.9. The van der Waals surface area contributed by atoms with Gasteiger partial charge in [-0.15, -0.1) is 10.2 Å². The quantitative estimate of drug-likeness (QED) is 0.499. The average molecular weight is 416 g/mol. The minimum Gasteiger partial charge on any atom is -0.325 e. The fraction of sp³-hybridized carbons (Fsp3) is 0.250. The summed E-state index contributed by atoms with van der Waals surface area (Å²) in [6.45, 7) is 6.14. The number of carbonyl (C=O) groups is 1. The molecule has 0 aliphatic rings. The van der Waals surface area contributed by atoms with Crippen LogP contribution in [-0.4, -0.2) is 21.9 Å². The van der Waals surface area contributed by atoms with Crippen molar-refractivity contribution in [2.75, 3.05) is 11.1 Å². The van der Waals surface area contributed by atoms with Crippen LogP contribution in [0.15, 0.2) is 57.2 Å². The van der Waals surface area contributed by atoms with Crippen LogP contribution in [0.5, 0.6) is 0 Å². The fourth-order valence-corrected chi connectivity index (χ4v) is 5.79. The summed E-state index contributed by atoms with van der Waals surface area (Å²) in [6.07, 6.45) is 0. The van der Waals surface area contributed by atoms with Crippen LogP contribution in [0.4, 0.5) is 5.69 Å². The summed E-state index contributed by atoms with van der Waals surface area (Å²) in [4.78, 5) is 13.1. The Morgan fingerprint density at radius 2 is 1.74 bits per heavy atom. The maximum Gasteiger partial charge on any atom is 0.242 e. The number of carbonyl (C=O) groups excluding carboxylic acids is 1. The summed E-state index contributed by atoms with van der Waals surface area (Å²) in [5.41, 5.74) is 4.02. The Kier molecular flexibility index (Phi) is 6.93. The van der Waals surface area contributed by atoms with Crippen molar-refractivity contribution in [1.29, 1.82) is 0 Å². The number of aromatic nitrogens is 2. The zero-order valence-electron chi connectivity index (χ0n) is 15.4. The van der Waals surface area contributed by atoms with E-state index in [1.54, 1.807) is 11.8 Å². The normalized spacial score (nSPS) is 12.0. The summed E-state index contributed by atoms with van der Waals surface area (Å²) >= 11 is 4.64. The highest BCUT2D eigenvalue weighted by atomic mass is 32.2. The van der Waals surface area contributed by atoms with Crippen molar-refractivity contribution in [2.24, 2.45) is 0 Å². The molecule has 1 amide bonds. The van der Waals surface area contributed by atoms with Crippen LogP contribution in [-0.2, 0) is 4.79 Å². The lowest BCUT2D eigenvalue weighted by atomic mass is 10.1. The van der Waals surface area contributed by atoms with Crippen molar-refractivity contribution >= 4 is 46.5 Å². The minimum atomic E-state index is -0.389. The standard InChI is InChI=1S/C20H21N3OS3/c1-4-25-19-22-23-20(27-19)26-17(15-8-6-5-7-9-15)18(24)21-16-11-13(2)10-14(3)12-16/h5-12,17H,4H2,1-3H3,(H,21,24). The molecule has 27 heavy (non-hydrogen) atoms. The molecule has 2 aromatic carbocycles. The van der Waals surface area contributed by atoms with Gasteiger partial charge < -0.3 is 5.32 Å².